The molecule has 2 heterocycles. The third-order valence-electron chi connectivity index (χ3n) is 3.26. The fourth-order valence-electron chi connectivity index (χ4n) is 2.02. The summed E-state index contributed by atoms with van der Waals surface area (Å²) in [7, 11) is 0. The minimum absolute atomic E-state index is 0.0647. The first-order chi connectivity index (χ1) is 9.90. The minimum atomic E-state index is -1.55. The Bertz CT molecular complexity index is 877. The minimum Gasteiger partial charge on any atom is -0.217 e. The smallest absolute Gasteiger partial charge is 0.195 e. The van der Waals surface area contributed by atoms with Gasteiger partial charge in [-0.2, -0.15) is 0 Å². The fraction of sp³-hybridized carbons (Fsp3) is 0.143. The van der Waals surface area contributed by atoms with Crippen molar-refractivity contribution >= 4 is 33.2 Å². The molecule has 7 heteroatoms. The molecule has 0 aliphatic heterocycles. The van der Waals surface area contributed by atoms with Crippen LogP contribution < -0.4 is 0 Å². The van der Waals surface area contributed by atoms with Crippen LogP contribution in [-0.2, 0) is 0 Å². The molecular weight excluding hydrogens is 321 g/mol. The predicted molar refractivity (Wildman–Crippen MR) is 77.2 cm³/mol. The van der Waals surface area contributed by atoms with Gasteiger partial charge in [-0.15, -0.1) is 11.3 Å². The van der Waals surface area contributed by atoms with Crippen molar-refractivity contribution in [2.45, 2.75) is 13.8 Å². The Hall–Kier alpha value is -1.66. The quantitative estimate of drug-likeness (QED) is 0.461. The Morgan fingerprint density at radius 2 is 1.76 bits per heavy atom. The van der Waals surface area contributed by atoms with E-state index in [1.165, 1.54) is 11.3 Å². The largest absolute Gasteiger partial charge is 0.217 e. The molecule has 3 aromatic rings. The molecule has 0 unspecified atom stereocenters. The van der Waals surface area contributed by atoms with Crippen LogP contribution in [0.4, 0.5) is 13.2 Å². The third-order valence-corrected chi connectivity index (χ3v) is 4.64. The summed E-state index contributed by atoms with van der Waals surface area (Å²) in [5.74, 6) is -4.20. The number of nitrogens with zero attached hydrogens (tertiary/aromatic N) is 2. The van der Waals surface area contributed by atoms with Gasteiger partial charge in [-0.25, -0.2) is 23.1 Å². The molecule has 0 aliphatic carbocycles. The number of fused-ring (bicyclic) bond motifs is 1. The number of hydrogen-bond acceptors (Lipinski definition) is 3. The van der Waals surface area contributed by atoms with Gasteiger partial charge in [-0.05, 0) is 31.5 Å². The standard InChI is InChI=1S/C14H8ClF3N2S/c1-5-6(2)21-14-9(5)12(15)19-13(20-14)7-3-4-8(16)11(18)10(7)17/h3-4H,1-2H3. The molecule has 0 saturated heterocycles. The van der Waals surface area contributed by atoms with E-state index in [1.54, 1.807) is 0 Å². The number of halogens is 4. The lowest BCUT2D eigenvalue weighted by Crippen LogP contribution is -1.98. The highest BCUT2D eigenvalue weighted by Crippen LogP contribution is 2.35. The van der Waals surface area contributed by atoms with Crippen LogP contribution in [0.2, 0.25) is 5.15 Å². The molecule has 0 spiro atoms. The fourth-order valence-corrected chi connectivity index (χ4v) is 3.42. The van der Waals surface area contributed by atoms with Gasteiger partial charge in [0.1, 0.15) is 9.98 Å². The number of aryl methyl sites for hydroxylation is 2. The van der Waals surface area contributed by atoms with Gasteiger partial charge in [-0.3, -0.25) is 0 Å². The molecule has 0 saturated carbocycles. The first-order valence-corrected chi connectivity index (χ1v) is 7.16. The second-order valence-corrected chi connectivity index (χ2v) is 6.09. The molecule has 0 amide bonds. The summed E-state index contributed by atoms with van der Waals surface area (Å²) in [6, 6.07) is 1.93. The SMILES string of the molecule is Cc1sc2nc(-c3ccc(F)c(F)c3F)nc(Cl)c2c1C. The van der Waals surface area contributed by atoms with Crippen LogP contribution in [0.1, 0.15) is 10.4 Å². The molecule has 0 fully saturated rings. The molecule has 0 aliphatic rings. The normalized spacial score (nSPS) is 11.3. The van der Waals surface area contributed by atoms with Crippen molar-refractivity contribution in [3.8, 4) is 11.4 Å². The molecule has 0 atom stereocenters. The predicted octanol–water partition coefficient (Wildman–Crippen LogP) is 5.05. The number of benzene rings is 1. The van der Waals surface area contributed by atoms with Gasteiger partial charge in [0.15, 0.2) is 23.3 Å². The van der Waals surface area contributed by atoms with Crippen LogP contribution in [0.5, 0.6) is 0 Å². The molecule has 3 rings (SSSR count). The second-order valence-electron chi connectivity index (χ2n) is 4.52. The third kappa shape index (κ3) is 2.18. The molecule has 2 aromatic heterocycles. The number of thiophene rings is 1. The lowest BCUT2D eigenvalue weighted by molar-refractivity contribution is 0.448. The molecule has 108 valence electrons. The van der Waals surface area contributed by atoms with Crippen LogP contribution in [0.25, 0.3) is 21.6 Å². The van der Waals surface area contributed by atoms with Crippen molar-refractivity contribution in [1.29, 1.82) is 0 Å². The van der Waals surface area contributed by atoms with Crippen LogP contribution in [0.15, 0.2) is 12.1 Å². The van der Waals surface area contributed by atoms with Crippen molar-refractivity contribution in [2.24, 2.45) is 0 Å². The Kier molecular flexibility index (Phi) is 3.37. The van der Waals surface area contributed by atoms with Gasteiger partial charge in [0, 0.05) is 4.88 Å². The average Bonchev–Trinajstić information content (AvgIpc) is 2.72. The monoisotopic (exact) mass is 328 g/mol. The summed E-state index contributed by atoms with van der Waals surface area (Å²) in [5, 5.41) is 0.867. The maximum absolute atomic E-state index is 13.8. The number of aromatic nitrogens is 2. The van der Waals surface area contributed by atoms with E-state index in [0.29, 0.717) is 10.2 Å². The summed E-state index contributed by atoms with van der Waals surface area (Å²) < 4.78 is 40.1. The van der Waals surface area contributed by atoms with Crippen molar-refractivity contribution in [2.75, 3.05) is 0 Å². The zero-order valence-electron chi connectivity index (χ0n) is 11.0. The highest BCUT2D eigenvalue weighted by molar-refractivity contribution is 7.18. The van der Waals surface area contributed by atoms with Gasteiger partial charge in [0.25, 0.3) is 0 Å². The van der Waals surface area contributed by atoms with Crippen LogP contribution in [-0.4, -0.2) is 9.97 Å². The number of hydrogen-bond donors (Lipinski definition) is 0. The molecule has 1 aromatic carbocycles. The average molecular weight is 329 g/mol. The Morgan fingerprint density at radius 3 is 2.48 bits per heavy atom. The van der Waals surface area contributed by atoms with E-state index in [2.05, 4.69) is 9.97 Å². The number of rotatable bonds is 1. The van der Waals surface area contributed by atoms with Gasteiger partial charge in [0.05, 0.1) is 10.9 Å². The molecule has 21 heavy (non-hydrogen) atoms. The zero-order valence-corrected chi connectivity index (χ0v) is 12.5. The van der Waals surface area contributed by atoms with E-state index in [-0.39, 0.29) is 16.5 Å². The van der Waals surface area contributed by atoms with Crippen LogP contribution in [0.3, 0.4) is 0 Å². The molecule has 2 nitrogen and oxygen atoms in total. The lowest BCUT2D eigenvalue weighted by Gasteiger charge is -2.05. The first-order valence-electron chi connectivity index (χ1n) is 5.97. The highest BCUT2D eigenvalue weighted by atomic mass is 35.5. The Balaban J connectivity index is 2.29. The van der Waals surface area contributed by atoms with Gasteiger partial charge >= 0.3 is 0 Å². The van der Waals surface area contributed by atoms with Crippen molar-refractivity contribution in [3.05, 3.63) is 45.2 Å². The van der Waals surface area contributed by atoms with Crippen molar-refractivity contribution in [3.63, 3.8) is 0 Å². The van der Waals surface area contributed by atoms with E-state index in [0.717, 1.165) is 22.6 Å². The maximum atomic E-state index is 13.8. The lowest BCUT2D eigenvalue weighted by atomic mass is 10.1. The molecule has 0 radical (unpaired) electrons. The van der Waals surface area contributed by atoms with E-state index in [1.807, 2.05) is 13.8 Å². The van der Waals surface area contributed by atoms with Crippen LogP contribution >= 0.6 is 22.9 Å². The van der Waals surface area contributed by atoms with Crippen LogP contribution in [0, 0.1) is 31.3 Å². The van der Waals surface area contributed by atoms with E-state index in [9.17, 15) is 13.2 Å². The zero-order chi connectivity index (χ0) is 15.3. The summed E-state index contributed by atoms with van der Waals surface area (Å²) in [5.41, 5.74) is 0.735. The molecular formula is C14H8ClF3N2S. The van der Waals surface area contributed by atoms with Gasteiger partial charge in [-0.1, -0.05) is 11.6 Å². The molecule has 0 N–H and O–H groups in total. The van der Waals surface area contributed by atoms with E-state index in [4.69, 9.17) is 11.6 Å². The van der Waals surface area contributed by atoms with Gasteiger partial charge < -0.3 is 0 Å². The first kappa shape index (κ1) is 14.3. The van der Waals surface area contributed by atoms with E-state index >= 15 is 0 Å². The van der Waals surface area contributed by atoms with Gasteiger partial charge in [0.2, 0.25) is 0 Å². The van der Waals surface area contributed by atoms with Crippen molar-refractivity contribution < 1.29 is 13.2 Å². The summed E-state index contributed by atoms with van der Waals surface area (Å²) >= 11 is 7.51. The van der Waals surface area contributed by atoms with Crippen molar-refractivity contribution in [1.82, 2.24) is 9.97 Å². The topological polar surface area (TPSA) is 25.8 Å². The summed E-state index contributed by atoms with van der Waals surface area (Å²) in [6.07, 6.45) is 0. The summed E-state index contributed by atoms with van der Waals surface area (Å²) in [6.45, 7) is 3.80. The molecule has 0 bridgehead atoms. The Labute approximate surface area is 127 Å². The Morgan fingerprint density at radius 1 is 1.05 bits per heavy atom. The maximum Gasteiger partial charge on any atom is 0.195 e. The highest BCUT2D eigenvalue weighted by Gasteiger charge is 2.19. The summed E-state index contributed by atoms with van der Waals surface area (Å²) in [4.78, 5) is 9.83. The second kappa shape index (κ2) is 4.96. The van der Waals surface area contributed by atoms with E-state index < -0.39 is 17.5 Å².